The van der Waals surface area contributed by atoms with E-state index in [4.69, 9.17) is 0 Å². The number of carbonyl (C=O) groups excluding carboxylic acids is 1. The number of thioether (sulfide) groups is 1. The normalized spacial score (nSPS) is 10.0. The molecule has 2 aromatic rings. The molecule has 0 aliphatic carbocycles. The Morgan fingerprint density at radius 3 is 2.58 bits per heavy atom. The number of nitrogens with one attached hydrogen (secondary N) is 2. The van der Waals surface area contributed by atoms with E-state index in [9.17, 15) is 4.79 Å². The van der Waals surface area contributed by atoms with E-state index >= 15 is 0 Å². The van der Waals surface area contributed by atoms with Crippen molar-refractivity contribution in [3.05, 3.63) is 48.3 Å². The van der Waals surface area contributed by atoms with Gasteiger partial charge in [0.05, 0.1) is 5.56 Å². The Bertz CT molecular complexity index is 569. The van der Waals surface area contributed by atoms with Crippen LogP contribution in [0.5, 0.6) is 0 Å². The molecule has 0 spiro atoms. The van der Waals surface area contributed by atoms with Gasteiger partial charge in [0, 0.05) is 35.7 Å². The number of hydrogen-bond acceptors (Lipinski definition) is 4. The third kappa shape index (κ3) is 3.26. The van der Waals surface area contributed by atoms with Crippen LogP contribution in [-0.2, 0) is 0 Å². The molecule has 1 aromatic heterocycles. The molecule has 0 aliphatic rings. The van der Waals surface area contributed by atoms with E-state index in [1.807, 2.05) is 30.5 Å². The highest BCUT2D eigenvalue weighted by Gasteiger charge is 2.10. The van der Waals surface area contributed by atoms with Gasteiger partial charge in [-0.3, -0.25) is 9.78 Å². The van der Waals surface area contributed by atoms with Gasteiger partial charge in [-0.2, -0.15) is 0 Å². The first-order chi connectivity index (χ1) is 9.24. The number of carbonyl (C=O) groups is 1. The maximum absolute atomic E-state index is 12.2. The first-order valence-electron chi connectivity index (χ1n) is 5.81. The predicted octanol–water partition coefficient (Wildman–Crippen LogP) is 3.10. The van der Waals surface area contributed by atoms with Gasteiger partial charge in [-0.05, 0) is 36.6 Å². The fraction of sp³-hybridized carbons (Fsp3) is 0.143. The Hall–Kier alpha value is -2.01. The van der Waals surface area contributed by atoms with E-state index in [2.05, 4.69) is 15.6 Å². The summed E-state index contributed by atoms with van der Waals surface area (Å²) in [4.78, 5) is 17.3. The summed E-state index contributed by atoms with van der Waals surface area (Å²) in [6.45, 7) is 0. The molecule has 2 rings (SSSR count). The van der Waals surface area contributed by atoms with E-state index in [0.717, 1.165) is 16.3 Å². The second-order valence-corrected chi connectivity index (χ2v) is 4.73. The van der Waals surface area contributed by atoms with Crippen molar-refractivity contribution < 1.29 is 4.79 Å². The summed E-state index contributed by atoms with van der Waals surface area (Å²) in [6.07, 6.45) is 5.22. The fourth-order valence-corrected chi connectivity index (χ4v) is 2.07. The summed E-state index contributed by atoms with van der Waals surface area (Å²) >= 11 is 1.67. The van der Waals surface area contributed by atoms with Crippen LogP contribution >= 0.6 is 11.8 Å². The Balaban J connectivity index is 2.16. The number of hydrogen-bond donors (Lipinski definition) is 2. The van der Waals surface area contributed by atoms with Crippen LogP contribution in [0.2, 0.25) is 0 Å². The largest absolute Gasteiger partial charge is 0.387 e. The monoisotopic (exact) mass is 273 g/mol. The van der Waals surface area contributed by atoms with Crippen LogP contribution in [0.25, 0.3) is 0 Å². The third-order valence-electron chi connectivity index (χ3n) is 2.68. The zero-order valence-electron chi connectivity index (χ0n) is 10.8. The molecule has 0 radical (unpaired) electrons. The van der Waals surface area contributed by atoms with Gasteiger partial charge in [0.1, 0.15) is 0 Å². The molecule has 0 atom stereocenters. The molecule has 2 N–H and O–H groups in total. The standard InChI is InChI=1S/C14H15N3OS/c1-15-13-7-8-16-9-12(13)14(18)17-10-3-5-11(19-2)6-4-10/h3-9H,1-2H3,(H,15,16)(H,17,18). The van der Waals surface area contributed by atoms with Crippen molar-refractivity contribution in [1.29, 1.82) is 0 Å². The van der Waals surface area contributed by atoms with Gasteiger partial charge in [-0.15, -0.1) is 11.8 Å². The number of benzene rings is 1. The van der Waals surface area contributed by atoms with Gasteiger partial charge < -0.3 is 10.6 Å². The second-order valence-electron chi connectivity index (χ2n) is 3.85. The molecule has 1 amide bonds. The van der Waals surface area contributed by atoms with Crippen LogP contribution in [0.3, 0.4) is 0 Å². The van der Waals surface area contributed by atoms with Crippen molar-refractivity contribution in [1.82, 2.24) is 4.98 Å². The van der Waals surface area contributed by atoms with Crippen molar-refractivity contribution in [2.24, 2.45) is 0 Å². The Labute approximate surface area is 116 Å². The van der Waals surface area contributed by atoms with Crippen molar-refractivity contribution >= 4 is 29.0 Å². The Morgan fingerprint density at radius 1 is 1.21 bits per heavy atom. The lowest BCUT2D eigenvalue weighted by Crippen LogP contribution is -2.14. The maximum atomic E-state index is 12.2. The summed E-state index contributed by atoms with van der Waals surface area (Å²) in [6, 6.07) is 9.50. The smallest absolute Gasteiger partial charge is 0.259 e. The lowest BCUT2D eigenvalue weighted by Gasteiger charge is -2.09. The second kappa shape index (κ2) is 6.24. The minimum absolute atomic E-state index is 0.172. The van der Waals surface area contributed by atoms with E-state index in [1.54, 1.807) is 37.3 Å². The van der Waals surface area contributed by atoms with Crippen molar-refractivity contribution in [3.63, 3.8) is 0 Å². The molecule has 1 heterocycles. The van der Waals surface area contributed by atoms with Crippen LogP contribution < -0.4 is 10.6 Å². The van der Waals surface area contributed by atoms with Gasteiger partial charge >= 0.3 is 0 Å². The minimum Gasteiger partial charge on any atom is -0.387 e. The molecule has 5 heteroatoms. The highest BCUT2D eigenvalue weighted by Crippen LogP contribution is 2.19. The molecule has 0 fully saturated rings. The van der Waals surface area contributed by atoms with Gasteiger partial charge in [0.15, 0.2) is 0 Å². The molecule has 0 saturated carbocycles. The van der Waals surface area contributed by atoms with Crippen LogP contribution in [0, 0.1) is 0 Å². The maximum Gasteiger partial charge on any atom is 0.259 e. The number of amides is 1. The highest BCUT2D eigenvalue weighted by atomic mass is 32.2. The quantitative estimate of drug-likeness (QED) is 0.840. The SMILES string of the molecule is CNc1ccncc1C(=O)Nc1ccc(SC)cc1. The number of anilines is 2. The zero-order valence-corrected chi connectivity index (χ0v) is 11.6. The van der Waals surface area contributed by atoms with Gasteiger partial charge in [0.2, 0.25) is 0 Å². The molecule has 19 heavy (non-hydrogen) atoms. The van der Waals surface area contributed by atoms with E-state index in [-0.39, 0.29) is 5.91 Å². The van der Waals surface area contributed by atoms with Gasteiger partial charge in [-0.1, -0.05) is 0 Å². The van der Waals surface area contributed by atoms with E-state index in [1.165, 1.54) is 0 Å². The number of nitrogens with zero attached hydrogens (tertiary/aromatic N) is 1. The van der Waals surface area contributed by atoms with Crippen LogP contribution in [-0.4, -0.2) is 24.2 Å². The fourth-order valence-electron chi connectivity index (χ4n) is 1.67. The Morgan fingerprint density at radius 2 is 1.95 bits per heavy atom. The zero-order chi connectivity index (χ0) is 13.7. The van der Waals surface area contributed by atoms with Gasteiger partial charge in [-0.25, -0.2) is 0 Å². The highest BCUT2D eigenvalue weighted by molar-refractivity contribution is 7.98. The van der Waals surface area contributed by atoms with Crippen LogP contribution in [0.4, 0.5) is 11.4 Å². The van der Waals surface area contributed by atoms with Gasteiger partial charge in [0.25, 0.3) is 5.91 Å². The number of aromatic nitrogens is 1. The van der Waals surface area contributed by atoms with Crippen LogP contribution in [0.1, 0.15) is 10.4 Å². The summed E-state index contributed by atoms with van der Waals surface area (Å²) < 4.78 is 0. The minimum atomic E-state index is -0.172. The molecular formula is C14H15N3OS. The van der Waals surface area contributed by atoms with E-state index in [0.29, 0.717) is 5.56 Å². The third-order valence-corrected chi connectivity index (χ3v) is 3.43. The van der Waals surface area contributed by atoms with Crippen LogP contribution in [0.15, 0.2) is 47.6 Å². The summed E-state index contributed by atoms with van der Waals surface area (Å²) in [5.41, 5.74) is 2.06. The molecule has 98 valence electrons. The lowest BCUT2D eigenvalue weighted by atomic mass is 10.2. The topological polar surface area (TPSA) is 54.0 Å². The first kappa shape index (κ1) is 13.4. The average molecular weight is 273 g/mol. The van der Waals surface area contributed by atoms with Crippen molar-refractivity contribution in [3.8, 4) is 0 Å². The summed E-state index contributed by atoms with van der Waals surface area (Å²) in [7, 11) is 1.78. The van der Waals surface area contributed by atoms with Crippen molar-refractivity contribution in [2.75, 3.05) is 23.9 Å². The summed E-state index contributed by atoms with van der Waals surface area (Å²) in [5.74, 6) is -0.172. The van der Waals surface area contributed by atoms with E-state index < -0.39 is 0 Å². The lowest BCUT2D eigenvalue weighted by molar-refractivity contribution is 0.102. The molecule has 0 aliphatic heterocycles. The molecule has 1 aromatic carbocycles. The predicted molar refractivity (Wildman–Crippen MR) is 80.0 cm³/mol. The van der Waals surface area contributed by atoms with Crippen molar-refractivity contribution in [2.45, 2.75) is 4.90 Å². The summed E-state index contributed by atoms with van der Waals surface area (Å²) in [5, 5.41) is 5.83. The molecular weight excluding hydrogens is 258 g/mol. The molecule has 0 saturated heterocycles. The average Bonchev–Trinajstić information content (AvgIpc) is 2.48. The molecule has 0 bridgehead atoms. The Kier molecular flexibility index (Phi) is 4.41. The number of pyridine rings is 1. The molecule has 0 unspecified atom stereocenters. The first-order valence-corrected chi connectivity index (χ1v) is 7.04. The number of rotatable bonds is 4. The molecule has 4 nitrogen and oxygen atoms in total.